The first-order chi connectivity index (χ1) is 12.8. The monoisotopic (exact) mass is 370 g/mol. The van der Waals surface area contributed by atoms with Crippen LogP contribution in [0.3, 0.4) is 0 Å². The normalized spacial score (nSPS) is 11.1. The molecule has 0 unspecified atom stereocenters. The number of para-hydroxylation sites is 1. The molecule has 1 N–H and O–H groups in total. The predicted octanol–water partition coefficient (Wildman–Crippen LogP) is 4.59. The largest absolute Gasteiger partial charge is 0.467 e. The maximum Gasteiger partial charge on any atom is 0.223 e. The molecular weight excluding hydrogens is 340 g/mol. The Hall–Kier alpha value is -2.56. The molecule has 0 atom stereocenters. The molecule has 0 fully saturated rings. The Bertz CT molecular complexity index is 738. The van der Waals surface area contributed by atoms with Gasteiger partial charge in [0, 0.05) is 19.9 Å². The molecule has 1 heterocycles. The minimum absolute atomic E-state index is 0.0520. The number of carbonyl (C=O) groups excluding carboxylic acids is 2. The highest BCUT2D eigenvalue weighted by Gasteiger charge is 2.22. The highest BCUT2D eigenvalue weighted by molar-refractivity contribution is 5.94. The smallest absolute Gasteiger partial charge is 0.223 e. The van der Waals surface area contributed by atoms with Crippen LogP contribution in [-0.2, 0) is 16.1 Å². The Morgan fingerprint density at radius 3 is 2.15 bits per heavy atom. The van der Waals surface area contributed by atoms with Crippen molar-refractivity contribution in [2.24, 2.45) is 0 Å². The van der Waals surface area contributed by atoms with Crippen LogP contribution in [0.25, 0.3) is 0 Å². The molecule has 27 heavy (non-hydrogen) atoms. The van der Waals surface area contributed by atoms with E-state index in [2.05, 4.69) is 45.1 Å². The van der Waals surface area contributed by atoms with Gasteiger partial charge in [0.1, 0.15) is 5.76 Å². The number of hydrogen-bond donors (Lipinski definition) is 1. The van der Waals surface area contributed by atoms with Crippen LogP contribution in [0.15, 0.2) is 41.0 Å². The van der Waals surface area contributed by atoms with E-state index in [-0.39, 0.29) is 30.1 Å². The number of furan rings is 1. The average molecular weight is 370 g/mol. The molecule has 0 saturated carbocycles. The summed E-state index contributed by atoms with van der Waals surface area (Å²) in [6, 6.07) is 9.78. The molecule has 0 saturated heterocycles. The summed E-state index contributed by atoms with van der Waals surface area (Å²) in [7, 11) is 0. The van der Waals surface area contributed by atoms with E-state index >= 15 is 0 Å². The quantitative estimate of drug-likeness (QED) is 0.739. The van der Waals surface area contributed by atoms with Crippen molar-refractivity contribution in [3.63, 3.8) is 0 Å². The molecule has 2 rings (SSSR count). The highest BCUT2D eigenvalue weighted by Crippen LogP contribution is 2.35. The fourth-order valence-corrected chi connectivity index (χ4v) is 3.15. The van der Waals surface area contributed by atoms with Gasteiger partial charge in [-0.05, 0) is 35.1 Å². The first kappa shape index (κ1) is 20.7. The van der Waals surface area contributed by atoms with E-state index in [0.717, 1.165) is 16.8 Å². The second-order valence-electron chi connectivity index (χ2n) is 7.37. The summed E-state index contributed by atoms with van der Waals surface area (Å²) >= 11 is 0. The Morgan fingerprint density at radius 1 is 1.04 bits per heavy atom. The van der Waals surface area contributed by atoms with E-state index in [1.807, 2.05) is 12.1 Å². The molecule has 1 aromatic carbocycles. The van der Waals surface area contributed by atoms with Gasteiger partial charge >= 0.3 is 0 Å². The molecule has 0 bridgehead atoms. The van der Waals surface area contributed by atoms with Crippen molar-refractivity contribution in [3.05, 3.63) is 53.5 Å². The molecule has 5 heteroatoms. The Morgan fingerprint density at radius 2 is 1.67 bits per heavy atom. The van der Waals surface area contributed by atoms with Gasteiger partial charge in [0.15, 0.2) is 0 Å². The van der Waals surface area contributed by atoms with Gasteiger partial charge in [-0.3, -0.25) is 9.59 Å². The van der Waals surface area contributed by atoms with E-state index in [1.165, 1.54) is 0 Å². The zero-order valence-corrected chi connectivity index (χ0v) is 16.9. The maximum absolute atomic E-state index is 12.4. The van der Waals surface area contributed by atoms with Crippen molar-refractivity contribution in [1.82, 2.24) is 5.32 Å². The van der Waals surface area contributed by atoms with Crippen molar-refractivity contribution in [3.8, 4) is 0 Å². The molecule has 2 amide bonds. The fourth-order valence-electron chi connectivity index (χ4n) is 3.15. The van der Waals surface area contributed by atoms with Crippen LogP contribution in [0, 0.1) is 0 Å². The van der Waals surface area contributed by atoms with Gasteiger partial charge in [-0.25, -0.2) is 0 Å². The van der Waals surface area contributed by atoms with Crippen LogP contribution in [0.1, 0.15) is 69.8 Å². The topological polar surface area (TPSA) is 62.6 Å². The summed E-state index contributed by atoms with van der Waals surface area (Å²) in [6.07, 6.45) is 1.82. The number of amides is 2. The molecule has 146 valence electrons. The first-order valence-corrected chi connectivity index (χ1v) is 9.51. The van der Waals surface area contributed by atoms with Crippen molar-refractivity contribution >= 4 is 17.5 Å². The fraction of sp³-hybridized carbons (Fsp3) is 0.455. The number of nitrogens with zero attached hydrogens (tertiary/aromatic N) is 1. The lowest BCUT2D eigenvalue weighted by Gasteiger charge is -2.29. The molecule has 2 aromatic rings. The molecular formula is C22H30N2O3. The third-order valence-corrected chi connectivity index (χ3v) is 4.59. The van der Waals surface area contributed by atoms with Gasteiger partial charge < -0.3 is 14.6 Å². The standard InChI is InChI=1S/C22H30N2O3/c1-15(2)19-9-6-10-20(16(3)4)22(19)24(17(5)25)12-11-21(26)23-14-18-8-7-13-27-18/h6-10,13,15-16H,11-12,14H2,1-5H3,(H,23,26). The molecule has 5 nitrogen and oxygen atoms in total. The molecule has 0 radical (unpaired) electrons. The lowest BCUT2D eigenvalue weighted by molar-refractivity contribution is -0.121. The van der Waals surface area contributed by atoms with Crippen molar-refractivity contribution < 1.29 is 14.0 Å². The lowest BCUT2D eigenvalue weighted by Crippen LogP contribution is -2.35. The number of rotatable bonds is 8. The van der Waals surface area contributed by atoms with Gasteiger partial charge in [-0.1, -0.05) is 45.9 Å². The summed E-state index contributed by atoms with van der Waals surface area (Å²) in [5, 5.41) is 2.83. The van der Waals surface area contributed by atoms with Crippen LogP contribution in [0.5, 0.6) is 0 Å². The second kappa shape index (κ2) is 9.40. The predicted molar refractivity (Wildman–Crippen MR) is 108 cm³/mol. The lowest BCUT2D eigenvalue weighted by atomic mass is 9.91. The van der Waals surface area contributed by atoms with Crippen molar-refractivity contribution in [2.45, 2.75) is 59.4 Å². The van der Waals surface area contributed by atoms with Gasteiger partial charge in [0.25, 0.3) is 0 Å². The van der Waals surface area contributed by atoms with Crippen LogP contribution in [-0.4, -0.2) is 18.4 Å². The van der Waals surface area contributed by atoms with Crippen molar-refractivity contribution in [2.75, 3.05) is 11.4 Å². The van der Waals surface area contributed by atoms with Gasteiger partial charge in [0.2, 0.25) is 11.8 Å². The SMILES string of the molecule is CC(=O)N(CCC(=O)NCc1ccco1)c1c(C(C)C)cccc1C(C)C. The number of carbonyl (C=O) groups is 2. The van der Waals surface area contributed by atoms with Crippen LogP contribution in [0.2, 0.25) is 0 Å². The van der Waals surface area contributed by atoms with Gasteiger partial charge in [0.05, 0.1) is 18.5 Å². The maximum atomic E-state index is 12.4. The highest BCUT2D eigenvalue weighted by atomic mass is 16.3. The molecule has 0 aliphatic carbocycles. The number of anilines is 1. The summed E-state index contributed by atoms with van der Waals surface area (Å²) in [6.45, 7) is 10.7. The Balaban J connectivity index is 2.17. The minimum atomic E-state index is -0.106. The molecule has 1 aromatic heterocycles. The van der Waals surface area contributed by atoms with Crippen molar-refractivity contribution in [1.29, 1.82) is 0 Å². The van der Waals surface area contributed by atoms with Gasteiger partial charge in [-0.2, -0.15) is 0 Å². The summed E-state index contributed by atoms with van der Waals surface area (Å²) in [4.78, 5) is 26.4. The first-order valence-electron chi connectivity index (χ1n) is 9.51. The molecule has 0 aliphatic rings. The summed E-state index contributed by atoms with van der Waals surface area (Å²) in [5.41, 5.74) is 3.22. The number of hydrogen-bond acceptors (Lipinski definition) is 3. The van der Waals surface area contributed by atoms with Crippen LogP contribution < -0.4 is 10.2 Å². The van der Waals surface area contributed by atoms with E-state index in [4.69, 9.17) is 4.42 Å². The Kier molecular flexibility index (Phi) is 7.22. The summed E-state index contributed by atoms with van der Waals surface area (Å²) < 4.78 is 5.22. The minimum Gasteiger partial charge on any atom is -0.467 e. The van der Waals surface area contributed by atoms with E-state index in [1.54, 1.807) is 24.2 Å². The van der Waals surface area contributed by atoms with Crippen LogP contribution in [0.4, 0.5) is 5.69 Å². The van der Waals surface area contributed by atoms with E-state index in [9.17, 15) is 9.59 Å². The second-order valence-corrected chi connectivity index (χ2v) is 7.37. The average Bonchev–Trinajstić information content (AvgIpc) is 3.13. The van der Waals surface area contributed by atoms with Gasteiger partial charge in [-0.15, -0.1) is 0 Å². The number of nitrogens with one attached hydrogen (secondary N) is 1. The van der Waals surface area contributed by atoms with Crippen LogP contribution >= 0.6 is 0 Å². The zero-order chi connectivity index (χ0) is 20.0. The Labute approximate surface area is 161 Å². The zero-order valence-electron chi connectivity index (χ0n) is 16.9. The number of benzene rings is 1. The molecule has 0 spiro atoms. The molecule has 0 aliphatic heterocycles. The third-order valence-electron chi connectivity index (χ3n) is 4.59. The van der Waals surface area contributed by atoms with E-state index < -0.39 is 0 Å². The van der Waals surface area contributed by atoms with E-state index in [0.29, 0.717) is 18.8 Å². The summed E-state index contributed by atoms with van der Waals surface area (Å²) in [5.74, 6) is 1.12. The third kappa shape index (κ3) is 5.46.